The number of hydrogen-bond donors (Lipinski definition) is 2. The van der Waals surface area contributed by atoms with E-state index < -0.39 is 0 Å². The number of aliphatic hydroxyl groups is 1. The fourth-order valence-corrected chi connectivity index (χ4v) is 3.51. The first-order valence-electron chi connectivity index (χ1n) is 9.05. The van der Waals surface area contributed by atoms with Gasteiger partial charge in [-0.3, -0.25) is 4.79 Å². The summed E-state index contributed by atoms with van der Waals surface area (Å²) >= 11 is 6.18. The van der Waals surface area contributed by atoms with Crippen molar-refractivity contribution in [1.82, 2.24) is 9.97 Å². The number of carbonyl (C=O) groups excluding carboxylic acids is 1. The maximum Gasteiger partial charge on any atom is 0.227 e. The van der Waals surface area contributed by atoms with E-state index in [2.05, 4.69) is 21.9 Å². The summed E-state index contributed by atoms with van der Waals surface area (Å²) in [7, 11) is 1.56. The zero-order valence-corrected chi connectivity index (χ0v) is 16.4. The van der Waals surface area contributed by atoms with E-state index in [0.29, 0.717) is 34.6 Å². The van der Waals surface area contributed by atoms with Crippen LogP contribution in [-0.2, 0) is 6.54 Å². The molecule has 0 spiro atoms. The SMILES string of the molecule is C=CC(=O)c1cnc(N2CCCC2CO)nc1NCc1ccc(OC)c(Cl)c1. The van der Waals surface area contributed by atoms with E-state index in [1.807, 2.05) is 11.0 Å². The van der Waals surface area contributed by atoms with Gasteiger partial charge in [-0.15, -0.1) is 0 Å². The van der Waals surface area contributed by atoms with Crippen LogP contribution in [-0.4, -0.2) is 47.2 Å². The second-order valence-electron chi connectivity index (χ2n) is 6.50. The topological polar surface area (TPSA) is 87.6 Å². The van der Waals surface area contributed by atoms with Crippen molar-refractivity contribution < 1.29 is 14.6 Å². The molecule has 1 atom stereocenters. The smallest absolute Gasteiger partial charge is 0.227 e. The Hall–Kier alpha value is -2.64. The van der Waals surface area contributed by atoms with Crippen molar-refractivity contribution in [3.8, 4) is 5.75 Å². The molecule has 8 heteroatoms. The molecule has 7 nitrogen and oxygen atoms in total. The molecular formula is C20H23ClN4O3. The number of allylic oxidation sites excluding steroid dienone is 1. The third-order valence-corrected chi connectivity index (χ3v) is 5.04. The van der Waals surface area contributed by atoms with Crippen LogP contribution in [0.2, 0.25) is 5.02 Å². The molecule has 28 heavy (non-hydrogen) atoms. The molecule has 0 saturated carbocycles. The van der Waals surface area contributed by atoms with Gasteiger partial charge in [-0.1, -0.05) is 24.2 Å². The summed E-state index contributed by atoms with van der Waals surface area (Å²) in [6.45, 7) is 4.78. The summed E-state index contributed by atoms with van der Waals surface area (Å²) in [4.78, 5) is 23.1. The third-order valence-electron chi connectivity index (χ3n) is 4.75. The Morgan fingerprint density at radius 1 is 1.54 bits per heavy atom. The molecule has 0 aliphatic carbocycles. The lowest BCUT2D eigenvalue weighted by Gasteiger charge is -2.23. The second-order valence-corrected chi connectivity index (χ2v) is 6.90. The molecule has 1 aromatic heterocycles. The maximum absolute atomic E-state index is 12.2. The minimum atomic E-state index is -0.262. The quantitative estimate of drug-likeness (QED) is 0.518. The van der Waals surface area contributed by atoms with Crippen LogP contribution in [0.3, 0.4) is 0 Å². The first-order chi connectivity index (χ1) is 13.6. The molecule has 1 saturated heterocycles. The lowest BCUT2D eigenvalue weighted by Crippen LogP contribution is -2.33. The predicted molar refractivity (Wildman–Crippen MR) is 109 cm³/mol. The molecular weight excluding hydrogens is 380 g/mol. The number of benzene rings is 1. The average molecular weight is 403 g/mol. The van der Waals surface area contributed by atoms with Gasteiger partial charge in [-0.2, -0.15) is 4.98 Å². The number of nitrogens with one attached hydrogen (secondary N) is 1. The number of ketones is 1. The van der Waals surface area contributed by atoms with Gasteiger partial charge in [0.15, 0.2) is 5.78 Å². The number of aromatic nitrogens is 2. The van der Waals surface area contributed by atoms with Crippen LogP contribution in [0, 0.1) is 0 Å². The molecule has 3 rings (SSSR count). The minimum Gasteiger partial charge on any atom is -0.495 e. The van der Waals surface area contributed by atoms with Crippen molar-refractivity contribution in [2.75, 3.05) is 30.5 Å². The Bertz CT molecular complexity index is 875. The molecule has 1 aliphatic heterocycles. The molecule has 0 amide bonds. The summed E-state index contributed by atoms with van der Waals surface area (Å²) in [5.41, 5.74) is 1.26. The van der Waals surface area contributed by atoms with Gasteiger partial charge in [-0.05, 0) is 36.6 Å². The highest BCUT2D eigenvalue weighted by molar-refractivity contribution is 6.32. The molecule has 1 unspecified atom stereocenters. The molecule has 2 heterocycles. The van der Waals surface area contributed by atoms with E-state index in [1.54, 1.807) is 19.2 Å². The van der Waals surface area contributed by atoms with Gasteiger partial charge in [-0.25, -0.2) is 4.98 Å². The van der Waals surface area contributed by atoms with Gasteiger partial charge in [0.2, 0.25) is 5.95 Å². The molecule has 1 fully saturated rings. The van der Waals surface area contributed by atoms with Crippen LogP contribution < -0.4 is 15.0 Å². The highest BCUT2D eigenvalue weighted by atomic mass is 35.5. The second kappa shape index (κ2) is 9.03. The number of methoxy groups -OCH3 is 1. The average Bonchev–Trinajstić information content (AvgIpc) is 3.20. The van der Waals surface area contributed by atoms with Crippen molar-refractivity contribution in [3.05, 3.63) is 53.2 Å². The standard InChI is InChI=1S/C20H23ClN4O3/c1-3-17(27)15-11-23-20(25-8-4-5-14(25)12-26)24-19(15)22-10-13-6-7-18(28-2)16(21)9-13/h3,6-7,9,11,14,26H,1,4-5,8,10,12H2,2H3,(H,22,23,24). The van der Waals surface area contributed by atoms with Crippen LogP contribution in [0.5, 0.6) is 5.75 Å². The van der Waals surface area contributed by atoms with Gasteiger partial charge < -0.3 is 20.1 Å². The summed E-state index contributed by atoms with van der Waals surface area (Å²) in [6.07, 6.45) is 4.60. The van der Waals surface area contributed by atoms with Crippen molar-refractivity contribution in [1.29, 1.82) is 0 Å². The van der Waals surface area contributed by atoms with E-state index in [9.17, 15) is 9.90 Å². The Morgan fingerprint density at radius 2 is 2.36 bits per heavy atom. The number of nitrogens with zero attached hydrogens (tertiary/aromatic N) is 3. The van der Waals surface area contributed by atoms with Crippen molar-refractivity contribution in [2.45, 2.75) is 25.4 Å². The number of ether oxygens (including phenoxy) is 1. The van der Waals surface area contributed by atoms with Gasteiger partial charge in [0, 0.05) is 19.3 Å². The van der Waals surface area contributed by atoms with E-state index in [0.717, 1.165) is 24.9 Å². The van der Waals surface area contributed by atoms with Crippen LogP contribution in [0.15, 0.2) is 37.1 Å². The number of halogens is 1. The monoisotopic (exact) mass is 402 g/mol. The molecule has 0 radical (unpaired) electrons. The van der Waals surface area contributed by atoms with Gasteiger partial charge in [0.1, 0.15) is 11.6 Å². The highest BCUT2D eigenvalue weighted by Crippen LogP contribution is 2.27. The number of anilines is 2. The predicted octanol–water partition coefficient (Wildman–Crippen LogP) is 3.08. The Balaban J connectivity index is 1.86. The minimum absolute atomic E-state index is 0.00537. The molecule has 148 valence electrons. The Labute approximate surface area is 169 Å². The van der Waals surface area contributed by atoms with Gasteiger partial charge in [0.05, 0.1) is 30.3 Å². The van der Waals surface area contributed by atoms with Gasteiger partial charge in [0.25, 0.3) is 0 Å². The maximum atomic E-state index is 12.2. The largest absolute Gasteiger partial charge is 0.495 e. The summed E-state index contributed by atoms with van der Waals surface area (Å²) in [6, 6.07) is 5.47. The molecule has 1 aromatic carbocycles. The zero-order chi connectivity index (χ0) is 20.1. The van der Waals surface area contributed by atoms with Crippen molar-refractivity contribution in [3.63, 3.8) is 0 Å². The van der Waals surface area contributed by atoms with Gasteiger partial charge >= 0.3 is 0 Å². The third kappa shape index (κ3) is 4.26. The zero-order valence-electron chi connectivity index (χ0n) is 15.7. The normalized spacial score (nSPS) is 16.1. The number of rotatable bonds is 8. The Morgan fingerprint density at radius 3 is 3.04 bits per heavy atom. The van der Waals surface area contributed by atoms with E-state index in [1.165, 1.54) is 12.3 Å². The fourth-order valence-electron chi connectivity index (χ4n) is 3.23. The molecule has 1 aliphatic rings. The van der Waals surface area contributed by atoms with Crippen LogP contribution in [0.1, 0.15) is 28.8 Å². The van der Waals surface area contributed by atoms with Crippen LogP contribution in [0.25, 0.3) is 0 Å². The number of hydrogen-bond acceptors (Lipinski definition) is 7. The van der Waals surface area contributed by atoms with E-state index in [4.69, 9.17) is 16.3 Å². The number of aliphatic hydroxyl groups excluding tert-OH is 1. The van der Waals surface area contributed by atoms with E-state index >= 15 is 0 Å². The van der Waals surface area contributed by atoms with Crippen LogP contribution in [0.4, 0.5) is 11.8 Å². The highest BCUT2D eigenvalue weighted by Gasteiger charge is 2.27. The first-order valence-corrected chi connectivity index (χ1v) is 9.42. The van der Waals surface area contributed by atoms with E-state index in [-0.39, 0.29) is 18.4 Å². The summed E-state index contributed by atoms with van der Waals surface area (Å²) < 4.78 is 5.17. The number of carbonyl (C=O) groups is 1. The molecule has 2 N–H and O–H groups in total. The summed E-state index contributed by atoms with van der Waals surface area (Å²) in [5.74, 6) is 1.25. The molecule has 0 bridgehead atoms. The molecule has 2 aromatic rings. The lowest BCUT2D eigenvalue weighted by molar-refractivity contribution is 0.104. The first kappa shape index (κ1) is 20.1. The van der Waals surface area contributed by atoms with Crippen molar-refractivity contribution in [2.24, 2.45) is 0 Å². The Kier molecular flexibility index (Phi) is 6.49. The summed E-state index contributed by atoms with van der Waals surface area (Å²) in [5, 5.41) is 13.3. The lowest BCUT2D eigenvalue weighted by atomic mass is 10.2. The van der Waals surface area contributed by atoms with Crippen LogP contribution >= 0.6 is 11.6 Å². The van der Waals surface area contributed by atoms with Crippen molar-refractivity contribution >= 4 is 29.2 Å². The fraction of sp³-hybridized carbons (Fsp3) is 0.350.